The number of hydrogen-bond donors (Lipinski definition) is 3. The number of thioether (sulfide) groups is 1. The minimum Gasteiger partial charge on any atom is -0.325 e. The summed E-state index contributed by atoms with van der Waals surface area (Å²) in [4.78, 5) is 44.2. The lowest BCUT2D eigenvalue weighted by molar-refractivity contribution is -0.123. The molecule has 1 aromatic heterocycles. The van der Waals surface area contributed by atoms with Crippen molar-refractivity contribution in [2.45, 2.75) is 17.5 Å². The van der Waals surface area contributed by atoms with Gasteiger partial charge in [0, 0.05) is 16.6 Å². The number of nitrogens with one attached hydrogen (secondary N) is 3. The third-order valence-electron chi connectivity index (χ3n) is 3.72. The maximum atomic E-state index is 12.7. The summed E-state index contributed by atoms with van der Waals surface area (Å²) >= 11 is 4.64. The number of anilines is 2. The Morgan fingerprint density at radius 2 is 2.19 bits per heavy atom. The monoisotopic (exact) mass is 434 g/mol. The van der Waals surface area contributed by atoms with E-state index in [-0.39, 0.29) is 23.7 Å². The normalized spacial score (nSPS) is 15.7. The molecule has 0 saturated heterocycles. The summed E-state index contributed by atoms with van der Waals surface area (Å²) in [6.07, 6.45) is 1.56. The molecular weight excluding hydrogens is 420 g/mol. The number of para-hydroxylation sites is 1. The van der Waals surface area contributed by atoms with Crippen LogP contribution in [0.3, 0.4) is 0 Å². The van der Waals surface area contributed by atoms with E-state index >= 15 is 0 Å². The predicted molar refractivity (Wildman–Crippen MR) is 105 cm³/mol. The number of nitrogens with zero attached hydrogens (tertiary/aromatic N) is 1. The van der Waals surface area contributed by atoms with Gasteiger partial charge in [-0.2, -0.15) is 0 Å². The van der Waals surface area contributed by atoms with Crippen molar-refractivity contribution in [3.63, 3.8) is 0 Å². The van der Waals surface area contributed by atoms with Crippen LogP contribution in [0.5, 0.6) is 0 Å². The van der Waals surface area contributed by atoms with E-state index in [2.05, 4.69) is 43.1 Å². The summed E-state index contributed by atoms with van der Waals surface area (Å²) in [5.41, 5.74) is 0.290. The second-order valence-corrected chi connectivity index (χ2v) is 7.37. The lowest BCUT2D eigenvalue weighted by Crippen LogP contribution is -2.36. The number of aromatic nitrogens is 2. The molecule has 0 saturated carbocycles. The molecule has 26 heavy (non-hydrogen) atoms. The number of aromatic amines is 1. The van der Waals surface area contributed by atoms with Crippen molar-refractivity contribution in [3.05, 3.63) is 57.3 Å². The smallest absolute Gasteiger partial charge is 0.257 e. The lowest BCUT2D eigenvalue weighted by atomic mass is 9.92. The molecule has 3 rings (SSSR count). The van der Waals surface area contributed by atoms with Gasteiger partial charge in [-0.1, -0.05) is 30.0 Å². The average Bonchev–Trinajstić information content (AvgIpc) is 2.60. The predicted octanol–water partition coefficient (Wildman–Crippen LogP) is 2.88. The zero-order chi connectivity index (χ0) is 18.7. The molecule has 1 aliphatic heterocycles. The zero-order valence-electron chi connectivity index (χ0n) is 13.5. The van der Waals surface area contributed by atoms with E-state index in [4.69, 9.17) is 0 Å². The second-order valence-electron chi connectivity index (χ2n) is 5.51. The average molecular weight is 435 g/mol. The van der Waals surface area contributed by atoms with Gasteiger partial charge in [-0.25, -0.2) is 4.98 Å². The quantitative estimate of drug-likeness (QED) is 0.381. The highest BCUT2D eigenvalue weighted by Crippen LogP contribution is 2.31. The molecule has 1 aromatic carbocycles. The van der Waals surface area contributed by atoms with Crippen LogP contribution in [-0.4, -0.2) is 27.5 Å². The molecule has 0 spiro atoms. The van der Waals surface area contributed by atoms with Crippen molar-refractivity contribution >= 4 is 51.0 Å². The highest BCUT2D eigenvalue weighted by Gasteiger charge is 2.34. The van der Waals surface area contributed by atoms with Gasteiger partial charge in [-0.15, -0.1) is 6.58 Å². The van der Waals surface area contributed by atoms with Crippen molar-refractivity contribution in [1.82, 2.24) is 9.97 Å². The Bertz CT molecular complexity index is 944. The van der Waals surface area contributed by atoms with E-state index in [9.17, 15) is 14.4 Å². The maximum Gasteiger partial charge on any atom is 0.257 e. The fraction of sp³-hybridized carbons (Fsp3) is 0.176. The number of amides is 2. The van der Waals surface area contributed by atoms with Gasteiger partial charge in [0.2, 0.25) is 11.8 Å². The standard InChI is InChI=1S/C17H15BrN4O3S/c1-2-7-26-17-21-14-13(16(25)22-17)9(8-12(23)20-14)15(24)19-11-6-4-3-5-10(11)18/h2-6,9H,1,7-8H2,(H,19,24)(H2,20,21,22,23,25). The van der Waals surface area contributed by atoms with Crippen LogP contribution in [0, 0.1) is 0 Å². The van der Waals surface area contributed by atoms with Crippen LogP contribution >= 0.6 is 27.7 Å². The van der Waals surface area contributed by atoms with Crippen molar-refractivity contribution in [2.75, 3.05) is 16.4 Å². The SMILES string of the molecule is C=CCSc1nc2c(c(=O)[nH]1)C(C(=O)Nc1ccccc1Br)CC(=O)N2. The van der Waals surface area contributed by atoms with Crippen LogP contribution in [0.4, 0.5) is 11.5 Å². The molecule has 2 heterocycles. The van der Waals surface area contributed by atoms with Crippen molar-refractivity contribution in [1.29, 1.82) is 0 Å². The number of benzene rings is 1. The number of fused-ring (bicyclic) bond motifs is 1. The molecule has 1 aliphatic rings. The molecule has 0 fully saturated rings. The van der Waals surface area contributed by atoms with Gasteiger partial charge in [0.05, 0.1) is 17.2 Å². The van der Waals surface area contributed by atoms with Crippen LogP contribution in [0.1, 0.15) is 17.9 Å². The first-order valence-electron chi connectivity index (χ1n) is 7.72. The molecule has 1 unspecified atom stereocenters. The van der Waals surface area contributed by atoms with Crippen LogP contribution < -0.4 is 16.2 Å². The van der Waals surface area contributed by atoms with E-state index in [0.29, 0.717) is 21.1 Å². The Morgan fingerprint density at radius 3 is 2.92 bits per heavy atom. The highest BCUT2D eigenvalue weighted by atomic mass is 79.9. The molecule has 1 atom stereocenters. The fourth-order valence-corrected chi connectivity index (χ4v) is 3.54. The number of hydrogen-bond acceptors (Lipinski definition) is 5. The molecule has 0 aliphatic carbocycles. The number of rotatable bonds is 5. The van der Waals surface area contributed by atoms with Gasteiger partial charge >= 0.3 is 0 Å². The van der Waals surface area contributed by atoms with Crippen LogP contribution in [-0.2, 0) is 9.59 Å². The fourth-order valence-electron chi connectivity index (χ4n) is 2.56. The summed E-state index contributed by atoms with van der Waals surface area (Å²) < 4.78 is 0.706. The summed E-state index contributed by atoms with van der Waals surface area (Å²) in [6, 6.07) is 7.11. The van der Waals surface area contributed by atoms with Crippen LogP contribution in [0.2, 0.25) is 0 Å². The molecular formula is C17H15BrN4O3S. The van der Waals surface area contributed by atoms with Gasteiger partial charge in [-0.3, -0.25) is 14.4 Å². The second kappa shape index (κ2) is 7.88. The first-order chi connectivity index (χ1) is 12.5. The van der Waals surface area contributed by atoms with Crippen molar-refractivity contribution in [3.8, 4) is 0 Å². The van der Waals surface area contributed by atoms with Crippen LogP contribution in [0.15, 0.2) is 51.3 Å². The molecule has 134 valence electrons. The molecule has 3 N–H and O–H groups in total. The minimum atomic E-state index is -0.916. The summed E-state index contributed by atoms with van der Waals surface area (Å²) in [7, 11) is 0. The Morgan fingerprint density at radius 1 is 1.42 bits per heavy atom. The van der Waals surface area contributed by atoms with E-state index in [1.807, 2.05) is 6.07 Å². The number of carbonyl (C=O) groups excluding carboxylic acids is 2. The summed E-state index contributed by atoms with van der Waals surface area (Å²) in [6.45, 7) is 3.61. The summed E-state index contributed by atoms with van der Waals surface area (Å²) in [5, 5.41) is 5.69. The molecule has 2 amide bonds. The van der Waals surface area contributed by atoms with E-state index in [0.717, 1.165) is 0 Å². The molecule has 9 heteroatoms. The Labute approximate surface area is 161 Å². The van der Waals surface area contributed by atoms with Crippen LogP contribution in [0.25, 0.3) is 0 Å². The van der Waals surface area contributed by atoms with Gasteiger partial charge in [0.1, 0.15) is 5.82 Å². The Balaban J connectivity index is 1.94. The van der Waals surface area contributed by atoms with Gasteiger partial charge < -0.3 is 15.6 Å². The largest absolute Gasteiger partial charge is 0.325 e. The number of carbonyl (C=O) groups is 2. The Kier molecular flexibility index (Phi) is 5.58. The van der Waals surface area contributed by atoms with Crippen molar-refractivity contribution < 1.29 is 9.59 Å². The van der Waals surface area contributed by atoms with Gasteiger partial charge in [0.15, 0.2) is 5.16 Å². The minimum absolute atomic E-state index is 0.118. The lowest BCUT2D eigenvalue weighted by Gasteiger charge is -2.23. The van der Waals surface area contributed by atoms with Gasteiger partial charge in [-0.05, 0) is 28.1 Å². The summed E-state index contributed by atoms with van der Waals surface area (Å²) in [5.74, 6) is -1.03. The molecule has 7 nitrogen and oxygen atoms in total. The van der Waals surface area contributed by atoms with Gasteiger partial charge in [0.25, 0.3) is 5.56 Å². The van der Waals surface area contributed by atoms with E-state index < -0.39 is 17.4 Å². The van der Waals surface area contributed by atoms with E-state index in [1.165, 1.54) is 11.8 Å². The molecule has 2 aromatic rings. The highest BCUT2D eigenvalue weighted by molar-refractivity contribution is 9.10. The first kappa shape index (κ1) is 18.4. The molecule has 0 radical (unpaired) electrons. The van der Waals surface area contributed by atoms with Crippen molar-refractivity contribution in [2.24, 2.45) is 0 Å². The third kappa shape index (κ3) is 3.88. The first-order valence-corrected chi connectivity index (χ1v) is 9.50. The number of H-pyrrole nitrogens is 1. The Hall–Kier alpha value is -2.39. The maximum absolute atomic E-state index is 12.7. The van der Waals surface area contributed by atoms with E-state index in [1.54, 1.807) is 24.3 Å². The third-order valence-corrected chi connectivity index (χ3v) is 5.28. The topological polar surface area (TPSA) is 104 Å². The zero-order valence-corrected chi connectivity index (χ0v) is 15.9. The number of halogens is 1. The molecule has 0 bridgehead atoms.